The minimum Gasteiger partial charge on any atom is -0.302 e. The number of thiazole rings is 1. The quantitative estimate of drug-likeness (QED) is 0.528. The maximum Gasteiger partial charge on any atom is 0.243 e. The van der Waals surface area contributed by atoms with E-state index in [9.17, 15) is 30.8 Å². The number of amides is 1. The summed E-state index contributed by atoms with van der Waals surface area (Å²) in [6, 6.07) is 5.37. The number of piperidine rings is 1. The SMILES string of the molecule is O=C(Nc1nc(-c2cc(F)ccc2F)cs1)C1CCN(S(=O)(=O)c2ccc(F)c(F)c2)CC1. The van der Waals surface area contributed by atoms with Crippen LogP contribution in [0.2, 0.25) is 0 Å². The van der Waals surface area contributed by atoms with Crippen LogP contribution in [0.1, 0.15) is 12.8 Å². The van der Waals surface area contributed by atoms with Crippen LogP contribution in [0.15, 0.2) is 46.7 Å². The number of carbonyl (C=O) groups is 1. The first-order valence-electron chi connectivity index (χ1n) is 9.82. The zero-order valence-electron chi connectivity index (χ0n) is 16.9. The van der Waals surface area contributed by atoms with Crippen molar-refractivity contribution in [3.63, 3.8) is 0 Å². The van der Waals surface area contributed by atoms with E-state index < -0.39 is 39.2 Å². The summed E-state index contributed by atoms with van der Waals surface area (Å²) < 4.78 is 80.4. The molecule has 1 fully saturated rings. The number of hydrogen-bond acceptors (Lipinski definition) is 5. The molecule has 1 saturated heterocycles. The van der Waals surface area contributed by atoms with Gasteiger partial charge in [0.2, 0.25) is 15.9 Å². The standard InChI is InChI=1S/C21H17F4N3O3S2/c22-13-1-3-16(23)15(9-13)19-11-32-21(26-19)27-20(29)12-5-7-28(8-6-12)33(30,31)14-2-4-17(24)18(25)10-14/h1-4,9-12H,5-8H2,(H,26,27,29). The minimum absolute atomic E-state index is 0.0248. The molecule has 1 aliphatic rings. The van der Waals surface area contributed by atoms with Gasteiger partial charge in [-0.2, -0.15) is 4.31 Å². The topological polar surface area (TPSA) is 79.4 Å². The highest BCUT2D eigenvalue weighted by Crippen LogP contribution is 2.29. The number of aromatic nitrogens is 1. The Bertz CT molecular complexity index is 1310. The van der Waals surface area contributed by atoms with Crippen LogP contribution in [0, 0.1) is 29.2 Å². The molecule has 0 radical (unpaired) electrons. The van der Waals surface area contributed by atoms with Crippen molar-refractivity contribution in [3.8, 4) is 11.3 Å². The van der Waals surface area contributed by atoms with Crippen LogP contribution in [-0.2, 0) is 14.8 Å². The predicted molar refractivity (Wildman–Crippen MR) is 114 cm³/mol. The lowest BCUT2D eigenvalue weighted by atomic mass is 9.97. The van der Waals surface area contributed by atoms with Crippen molar-refractivity contribution >= 4 is 32.4 Å². The summed E-state index contributed by atoms with van der Waals surface area (Å²) in [5.74, 6) is -4.54. The Labute approximate surface area is 190 Å². The molecule has 0 spiro atoms. The summed E-state index contributed by atoms with van der Waals surface area (Å²) >= 11 is 1.05. The number of halogens is 4. The summed E-state index contributed by atoms with van der Waals surface area (Å²) in [4.78, 5) is 16.4. The fourth-order valence-corrected chi connectivity index (χ4v) is 5.70. The molecule has 1 aromatic heterocycles. The zero-order valence-corrected chi connectivity index (χ0v) is 18.5. The fourth-order valence-electron chi connectivity index (χ4n) is 3.50. The molecule has 0 unspecified atom stereocenters. The van der Waals surface area contributed by atoms with Gasteiger partial charge in [-0.3, -0.25) is 4.79 Å². The summed E-state index contributed by atoms with van der Waals surface area (Å²) in [5.41, 5.74) is 0.155. The van der Waals surface area contributed by atoms with Crippen molar-refractivity contribution in [3.05, 3.63) is 65.0 Å². The zero-order chi connectivity index (χ0) is 23.8. The van der Waals surface area contributed by atoms with Gasteiger partial charge in [0.1, 0.15) is 11.6 Å². The van der Waals surface area contributed by atoms with E-state index in [1.54, 1.807) is 0 Å². The molecule has 1 amide bonds. The van der Waals surface area contributed by atoms with Gasteiger partial charge in [0.25, 0.3) is 0 Å². The number of nitrogens with one attached hydrogen (secondary N) is 1. The maximum atomic E-state index is 13.9. The second-order valence-electron chi connectivity index (χ2n) is 7.41. The van der Waals surface area contributed by atoms with Crippen LogP contribution in [0.4, 0.5) is 22.7 Å². The van der Waals surface area contributed by atoms with Crippen molar-refractivity contribution in [1.29, 1.82) is 0 Å². The highest BCUT2D eigenvalue weighted by atomic mass is 32.2. The van der Waals surface area contributed by atoms with Crippen molar-refractivity contribution in [2.45, 2.75) is 17.7 Å². The molecule has 6 nitrogen and oxygen atoms in total. The Morgan fingerprint density at radius 3 is 2.39 bits per heavy atom. The highest BCUT2D eigenvalue weighted by molar-refractivity contribution is 7.89. The molecule has 1 N–H and O–H groups in total. The molecule has 0 atom stereocenters. The van der Waals surface area contributed by atoms with E-state index in [1.807, 2.05) is 0 Å². The molecule has 0 saturated carbocycles. The second-order valence-corrected chi connectivity index (χ2v) is 10.2. The van der Waals surface area contributed by atoms with Crippen LogP contribution in [0.5, 0.6) is 0 Å². The molecule has 33 heavy (non-hydrogen) atoms. The minimum atomic E-state index is -4.03. The molecular formula is C21H17F4N3O3S2. The Morgan fingerprint density at radius 2 is 1.70 bits per heavy atom. The van der Waals surface area contributed by atoms with Gasteiger partial charge in [-0.1, -0.05) is 0 Å². The number of benzene rings is 2. The van der Waals surface area contributed by atoms with Gasteiger partial charge >= 0.3 is 0 Å². The molecule has 12 heteroatoms. The van der Waals surface area contributed by atoms with Gasteiger partial charge in [0.15, 0.2) is 16.8 Å². The third-order valence-electron chi connectivity index (χ3n) is 5.29. The van der Waals surface area contributed by atoms with Crippen molar-refractivity contribution in [2.24, 2.45) is 5.92 Å². The Balaban J connectivity index is 1.38. The number of rotatable bonds is 5. The van der Waals surface area contributed by atoms with E-state index in [0.717, 1.165) is 46.0 Å². The molecule has 2 aromatic carbocycles. The fraction of sp³-hybridized carbons (Fsp3) is 0.238. The smallest absolute Gasteiger partial charge is 0.243 e. The van der Waals surface area contributed by atoms with Crippen molar-refractivity contribution in [1.82, 2.24) is 9.29 Å². The summed E-state index contributed by atoms with van der Waals surface area (Å²) in [7, 11) is -4.03. The molecule has 4 rings (SSSR count). The van der Waals surface area contributed by atoms with Crippen LogP contribution in [0.3, 0.4) is 0 Å². The van der Waals surface area contributed by atoms with Crippen LogP contribution < -0.4 is 5.32 Å². The lowest BCUT2D eigenvalue weighted by Gasteiger charge is -2.30. The number of sulfonamides is 1. The first-order valence-corrected chi connectivity index (χ1v) is 12.1. The van der Waals surface area contributed by atoms with Gasteiger partial charge in [-0.15, -0.1) is 11.3 Å². The second kappa shape index (κ2) is 9.20. The van der Waals surface area contributed by atoms with E-state index in [4.69, 9.17) is 0 Å². The molecule has 2 heterocycles. The molecule has 1 aliphatic heterocycles. The van der Waals surface area contributed by atoms with E-state index in [2.05, 4.69) is 10.3 Å². The normalized spacial score (nSPS) is 15.5. The number of carbonyl (C=O) groups excluding carboxylic acids is 1. The van der Waals surface area contributed by atoms with Gasteiger partial charge in [0, 0.05) is 30.0 Å². The third-order valence-corrected chi connectivity index (χ3v) is 7.94. The molecule has 174 valence electrons. The Morgan fingerprint density at radius 1 is 1.00 bits per heavy atom. The van der Waals surface area contributed by atoms with E-state index in [0.29, 0.717) is 6.07 Å². The number of hydrogen-bond donors (Lipinski definition) is 1. The number of nitrogens with zero attached hydrogens (tertiary/aromatic N) is 2. The number of anilines is 1. The third kappa shape index (κ3) is 4.92. The maximum absolute atomic E-state index is 13.9. The lowest BCUT2D eigenvalue weighted by Crippen LogP contribution is -2.41. The summed E-state index contributed by atoms with van der Waals surface area (Å²) in [6.07, 6.45) is 0.428. The molecule has 0 aliphatic carbocycles. The van der Waals surface area contributed by atoms with Crippen molar-refractivity contribution in [2.75, 3.05) is 18.4 Å². The van der Waals surface area contributed by atoms with E-state index in [1.165, 1.54) is 5.38 Å². The molecule has 0 bridgehead atoms. The van der Waals surface area contributed by atoms with Gasteiger partial charge in [-0.25, -0.2) is 31.0 Å². The van der Waals surface area contributed by atoms with Crippen LogP contribution in [-0.4, -0.2) is 36.7 Å². The first kappa shape index (κ1) is 23.3. The summed E-state index contributed by atoms with van der Waals surface area (Å²) in [5, 5.41) is 4.32. The first-order chi connectivity index (χ1) is 15.6. The predicted octanol–water partition coefficient (Wildman–Crippen LogP) is 4.41. The molecular weight excluding hydrogens is 482 g/mol. The highest BCUT2D eigenvalue weighted by Gasteiger charge is 2.32. The monoisotopic (exact) mass is 499 g/mol. The van der Waals surface area contributed by atoms with Gasteiger partial charge < -0.3 is 5.32 Å². The summed E-state index contributed by atoms with van der Waals surface area (Å²) in [6.45, 7) is 0.0497. The molecule has 3 aromatic rings. The Kier molecular flexibility index (Phi) is 6.50. The Hall–Kier alpha value is -2.83. The van der Waals surface area contributed by atoms with Crippen LogP contribution >= 0.6 is 11.3 Å². The largest absolute Gasteiger partial charge is 0.302 e. The van der Waals surface area contributed by atoms with E-state index >= 15 is 0 Å². The van der Waals surface area contributed by atoms with Gasteiger partial charge in [0.05, 0.1) is 10.6 Å². The van der Waals surface area contributed by atoms with Gasteiger partial charge in [-0.05, 0) is 49.2 Å². The van der Waals surface area contributed by atoms with E-state index in [-0.39, 0.29) is 53.1 Å². The lowest BCUT2D eigenvalue weighted by molar-refractivity contribution is -0.120. The van der Waals surface area contributed by atoms with Crippen LogP contribution in [0.25, 0.3) is 11.3 Å². The average Bonchev–Trinajstić information content (AvgIpc) is 3.25. The average molecular weight is 500 g/mol. The van der Waals surface area contributed by atoms with Crippen molar-refractivity contribution < 1.29 is 30.8 Å².